The van der Waals surface area contributed by atoms with Crippen molar-refractivity contribution in [2.24, 2.45) is 5.92 Å². The van der Waals surface area contributed by atoms with Crippen LogP contribution in [0, 0.1) is 5.92 Å². The van der Waals surface area contributed by atoms with Crippen LogP contribution >= 0.6 is 0 Å². The molecular weight excluding hydrogens is 212 g/mol. The molecule has 2 nitrogen and oxygen atoms in total. The van der Waals surface area contributed by atoms with Crippen LogP contribution in [0.15, 0.2) is 23.3 Å². The molecule has 0 heterocycles. The van der Waals surface area contributed by atoms with Gasteiger partial charge in [-0.25, -0.2) is 0 Å². The fraction of sp³-hybridized carbons (Fsp3) is 0.600. The van der Waals surface area contributed by atoms with Crippen LogP contribution in [0.5, 0.6) is 0 Å². The summed E-state index contributed by atoms with van der Waals surface area (Å²) in [5.74, 6) is -0.523. The maximum absolute atomic E-state index is 11.2. The van der Waals surface area contributed by atoms with E-state index in [2.05, 4.69) is 26.8 Å². The van der Waals surface area contributed by atoms with Gasteiger partial charge < -0.3 is 0 Å². The van der Waals surface area contributed by atoms with Gasteiger partial charge in [0.15, 0.2) is 0 Å². The van der Waals surface area contributed by atoms with E-state index in [-0.39, 0.29) is 11.6 Å². The molecule has 96 valence electrons. The molecule has 0 spiro atoms. The fourth-order valence-electron chi connectivity index (χ4n) is 1.63. The van der Waals surface area contributed by atoms with Gasteiger partial charge >= 0.3 is 0 Å². The molecule has 0 saturated heterocycles. The molecule has 0 unspecified atom stereocenters. The Hall–Kier alpha value is -1.18. The largest absolute Gasteiger partial charge is 0.299 e. The molecule has 0 aliphatic rings. The summed E-state index contributed by atoms with van der Waals surface area (Å²) in [6.07, 6.45) is 6.78. The molecule has 0 radical (unpaired) electrons. The van der Waals surface area contributed by atoms with Crippen LogP contribution in [-0.4, -0.2) is 11.6 Å². The van der Waals surface area contributed by atoms with Crippen molar-refractivity contribution < 1.29 is 9.59 Å². The maximum Gasteiger partial charge on any atom is 0.140 e. The van der Waals surface area contributed by atoms with E-state index in [0.29, 0.717) is 6.42 Å². The fourth-order valence-corrected chi connectivity index (χ4v) is 1.63. The van der Waals surface area contributed by atoms with Crippen molar-refractivity contribution in [2.75, 3.05) is 0 Å². The minimum Gasteiger partial charge on any atom is -0.299 e. The zero-order chi connectivity index (χ0) is 13.4. The average molecular weight is 236 g/mol. The van der Waals surface area contributed by atoms with E-state index in [1.54, 1.807) is 0 Å². The lowest BCUT2D eigenvalue weighted by Gasteiger charge is -2.07. The summed E-state index contributed by atoms with van der Waals surface area (Å²) >= 11 is 0. The molecule has 0 fully saturated rings. The summed E-state index contributed by atoms with van der Waals surface area (Å²) in [7, 11) is 0. The summed E-state index contributed by atoms with van der Waals surface area (Å²) in [5.41, 5.74) is 2.57. The molecule has 2 heteroatoms. The Kier molecular flexibility index (Phi) is 7.44. The van der Waals surface area contributed by atoms with Crippen LogP contribution in [0.4, 0.5) is 0 Å². The van der Waals surface area contributed by atoms with E-state index in [4.69, 9.17) is 0 Å². The van der Waals surface area contributed by atoms with Gasteiger partial charge in [0.25, 0.3) is 0 Å². The Morgan fingerprint density at radius 3 is 1.88 bits per heavy atom. The number of Topliss-reactive ketones (excluding diaryl/α,β-unsaturated/α-hetero) is 2. The molecule has 0 aromatic heterocycles. The van der Waals surface area contributed by atoms with Crippen molar-refractivity contribution >= 4 is 11.6 Å². The molecule has 17 heavy (non-hydrogen) atoms. The molecule has 0 aromatic carbocycles. The van der Waals surface area contributed by atoms with E-state index in [1.807, 2.05) is 6.08 Å². The third-order valence-corrected chi connectivity index (χ3v) is 2.77. The van der Waals surface area contributed by atoms with E-state index >= 15 is 0 Å². The summed E-state index contributed by atoms with van der Waals surface area (Å²) in [5, 5.41) is 0. The highest BCUT2D eigenvalue weighted by atomic mass is 16.1. The number of carbonyl (C=O) groups excluding carboxylic acids is 2. The molecule has 0 N–H and O–H groups in total. The Morgan fingerprint density at radius 2 is 1.47 bits per heavy atom. The summed E-state index contributed by atoms with van der Waals surface area (Å²) in [4.78, 5) is 22.5. The summed E-state index contributed by atoms with van der Waals surface area (Å²) < 4.78 is 0. The zero-order valence-corrected chi connectivity index (χ0v) is 11.7. The van der Waals surface area contributed by atoms with Crippen LogP contribution in [-0.2, 0) is 9.59 Å². The second-order valence-corrected chi connectivity index (χ2v) is 4.88. The standard InChI is InChI=1S/C15H24O2/c1-11(2)7-6-8-12(3)9-10-15(13(4)16)14(5)17/h7,9,15H,6,8,10H2,1-5H3/b12-9+. The lowest BCUT2D eigenvalue weighted by molar-refractivity contribution is -0.130. The third-order valence-electron chi connectivity index (χ3n) is 2.77. The predicted molar refractivity (Wildman–Crippen MR) is 71.9 cm³/mol. The van der Waals surface area contributed by atoms with Crippen LogP contribution in [0.2, 0.25) is 0 Å². The van der Waals surface area contributed by atoms with E-state index in [9.17, 15) is 9.59 Å². The highest BCUT2D eigenvalue weighted by molar-refractivity contribution is 6.00. The van der Waals surface area contributed by atoms with Crippen LogP contribution in [0.25, 0.3) is 0 Å². The first kappa shape index (κ1) is 15.8. The van der Waals surface area contributed by atoms with E-state index in [0.717, 1.165) is 12.8 Å². The Morgan fingerprint density at radius 1 is 0.941 bits per heavy atom. The number of hydrogen-bond acceptors (Lipinski definition) is 2. The van der Waals surface area contributed by atoms with Crippen molar-refractivity contribution in [2.45, 2.75) is 53.9 Å². The topological polar surface area (TPSA) is 34.1 Å². The number of allylic oxidation sites excluding steroid dienone is 4. The van der Waals surface area contributed by atoms with Gasteiger partial charge in [-0.05, 0) is 53.9 Å². The lowest BCUT2D eigenvalue weighted by atomic mass is 9.95. The Bertz CT molecular complexity index is 317. The molecule has 0 amide bonds. The van der Waals surface area contributed by atoms with Gasteiger partial charge in [-0.3, -0.25) is 9.59 Å². The zero-order valence-electron chi connectivity index (χ0n) is 11.7. The Labute approximate surface area is 105 Å². The number of carbonyl (C=O) groups is 2. The molecular formula is C15H24O2. The summed E-state index contributed by atoms with van der Waals surface area (Å²) in [6.45, 7) is 9.19. The van der Waals surface area contributed by atoms with Gasteiger partial charge in [0.05, 0.1) is 5.92 Å². The van der Waals surface area contributed by atoms with Crippen molar-refractivity contribution in [1.29, 1.82) is 0 Å². The van der Waals surface area contributed by atoms with Gasteiger partial charge in [0, 0.05) is 0 Å². The van der Waals surface area contributed by atoms with Crippen molar-refractivity contribution in [3.05, 3.63) is 23.3 Å². The van der Waals surface area contributed by atoms with Crippen LogP contribution < -0.4 is 0 Å². The van der Waals surface area contributed by atoms with Crippen molar-refractivity contribution in [3.8, 4) is 0 Å². The first-order valence-corrected chi connectivity index (χ1v) is 6.14. The van der Waals surface area contributed by atoms with Gasteiger partial charge in [0.2, 0.25) is 0 Å². The highest BCUT2D eigenvalue weighted by Gasteiger charge is 2.17. The second kappa shape index (κ2) is 7.99. The number of hydrogen-bond donors (Lipinski definition) is 0. The first-order valence-electron chi connectivity index (χ1n) is 6.14. The highest BCUT2D eigenvalue weighted by Crippen LogP contribution is 2.13. The molecule has 0 atom stereocenters. The minimum atomic E-state index is -0.451. The quantitative estimate of drug-likeness (QED) is 0.497. The third kappa shape index (κ3) is 7.67. The minimum absolute atomic E-state index is 0.0363. The SMILES string of the molecule is CC(=O)C(C/C=C(\C)CCC=C(C)C)C(C)=O. The van der Waals surface area contributed by atoms with E-state index < -0.39 is 5.92 Å². The number of rotatable bonds is 7. The van der Waals surface area contributed by atoms with Gasteiger partial charge in [0.1, 0.15) is 11.6 Å². The second-order valence-electron chi connectivity index (χ2n) is 4.88. The Balaban J connectivity index is 4.25. The molecule has 0 saturated carbocycles. The molecule has 0 aliphatic carbocycles. The summed E-state index contributed by atoms with van der Waals surface area (Å²) in [6, 6.07) is 0. The molecule has 0 aromatic rings. The van der Waals surface area contributed by atoms with Gasteiger partial charge in [-0.15, -0.1) is 0 Å². The lowest BCUT2D eigenvalue weighted by Crippen LogP contribution is -2.18. The van der Waals surface area contributed by atoms with Crippen LogP contribution in [0.1, 0.15) is 53.9 Å². The normalized spacial score (nSPS) is 11.5. The molecule has 0 aliphatic heterocycles. The van der Waals surface area contributed by atoms with Crippen LogP contribution in [0.3, 0.4) is 0 Å². The number of ketones is 2. The van der Waals surface area contributed by atoms with Crippen molar-refractivity contribution in [3.63, 3.8) is 0 Å². The smallest absolute Gasteiger partial charge is 0.140 e. The van der Waals surface area contributed by atoms with Gasteiger partial charge in [-0.1, -0.05) is 23.3 Å². The predicted octanol–water partition coefficient (Wildman–Crippen LogP) is 3.86. The average Bonchev–Trinajstić information content (AvgIpc) is 2.15. The first-order chi connectivity index (χ1) is 7.84. The molecule has 0 bridgehead atoms. The van der Waals surface area contributed by atoms with Crippen molar-refractivity contribution in [1.82, 2.24) is 0 Å². The maximum atomic E-state index is 11.2. The van der Waals surface area contributed by atoms with E-state index in [1.165, 1.54) is 25.0 Å². The molecule has 0 rings (SSSR count). The monoisotopic (exact) mass is 236 g/mol. The van der Waals surface area contributed by atoms with Gasteiger partial charge in [-0.2, -0.15) is 0 Å².